The molecule has 3 rings (SSSR count). The third-order valence-electron chi connectivity index (χ3n) is 4.85. The van der Waals surface area contributed by atoms with Gasteiger partial charge < -0.3 is 18.8 Å². The summed E-state index contributed by atoms with van der Waals surface area (Å²) in [7, 11) is -1.68. The second-order valence-corrected chi connectivity index (χ2v) is 9.15. The molecular formula is C20H23NO7S. The number of esters is 1. The van der Waals surface area contributed by atoms with Gasteiger partial charge in [0.2, 0.25) is 0 Å². The molecule has 1 fully saturated rings. The van der Waals surface area contributed by atoms with E-state index >= 15 is 0 Å². The van der Waals surface area contributed by atoms with Crippen LogP contribution in [0.5, 0.6) is 5.75 Å². The summed E-state index contributed by atoms with van der Waals surface area (Å²) >= 11 is 0. The van der Waals surface area contributed by atoms with Crippen molar-refractivity contribution in [2.75, 3.05) is 25.2 Å². The van der Waals surface area contributed by atoms with Crippen molar-refractivity contribution in [2.24, 2.45) is 0 Å². The summed E-state index contributed by atoms with van der Waals surface area (Å²) in [5, 5.41) is 0. The number of carbonyl (C=O) groups is 2. The third-order valence-corrected chi connectivity index (χ3v) is 6.60. The van der Waals surface area contributed by atoms with Gasteiger partial charge in [0.25, 0.3) is 5.91 Å². The topological polar surface area (TPSA) is 103 Å². The Balaban J connectivity index is 1.68. The van der Waals surface area contributed by atoms with E-state index in [1.807, 2.05) is 6.92 Å². The first-order chi connectivity index (χ1) is 13.8. The van der Waals surface area contributed by atoms with E-state index in [-0.39, 0.29) is 23.6 Å². The highest BCUT2D eigenvalue weighted by molar-refractivity contribution is 7.91. The van der Waals surface area contributed by atoms with Crippen LogP contribution in [0.2, 0.25) is 0 Å². The number of rotatable bonds is 7. The van der Waals surface area contributed by atoms with Crippen molar-refractivity contribution in [1.29, 1.82) is 0 Å². The Morgan fingerprint density at radius 1 is 1.28 bits per heavy atom. The van der Waals surface area contributed by atoms with E-state index < -0.39 is 34.4 Å². The number of sulfone groups is 1. The van der Waals surface area contributed by atoms with Crippen molar-refractivity contribution in [3.8, 4) is 5.75 Å². The van der Waals surface area contributed by atoms with Gasteiger partial charge in [-0.1, -0.05) is 6.07 Å². The van der Waals surface area contributed by atoms with Gasteiger partial charge in [-0.3, -0.25) is 4.79 Å². The fourth-order valence-corrected chi connectivity index (χ4v) is 4.98. The molecule has 0 bridgehead atoms. The van der Waals surface area contributed by atoms with Crippen molar-refractivity contribution in [3.63, 3.8) is 0 Å². The number of ether oxygens (including phenoxy) is 2. The third kappa shape index (κ3) is 5.17. The van der Waals surface area contributed by atoms with Crippen LogP contribution < -0.4 is 4.74 Å². The summed E-state index contributed by atoms with van der Waals surface area (Å²) in [5.41, 5.74) is 1.13. The van der Waals surface area contributed by atoms with Crippen LogP contribution in [0, 0.1) is 6.92 Å². The van der Waals surface area contributed by atoms with E-state index in [2.05, 4.69) is 0 Å². The average molecular weight is 421 g/mol. The smallest absolute Gasteiger partial charge is 0.338 e. The van der Waals surface area contributed by atoms with Gasteiger partial charge in [0.05, 0.1) is 37.0 Å². The molecule has 1 aliphatic rings. The van der Waals surface area contributed by atoms with Gasteiger partial charge in [-0.25, -0.2) is 13.2 Å². The van der Waals surface area contributed by atoms with Crippen molar-refractivity contribution >= 4 is 21.7 Å². The van der Waals surface area contributed by atoms with E-state index in [0.717, 1.165) is 5.56 Å². The highest BCUT2D eigenvalue weighted by atomic mass is 32.2. The van der Waals surface area contributed by atoms with Crippen LogP contribution in [0.3, 0.4) is 0 Å². The van der Waals surface area contributed by atoms with Gasteiger partial charge in [-0.2, -0.15) is 0 Å². The van der Waals surface area contributed by atoms with Gasteiger partial charge >= 0.3 is 5.97 Å². The van der Waals surface area contributed by atoms with E-state index in [1.54, 1.807) is 30.3 Å². The Labute approximate surface area is 169 Å². The largest absolute Gasteiger partial charge is 0.496 e. The quantitative estimate of drug-likeness (QED) is 0.630. The van der Waals surface area contributed by atoms with Crippen LogP contribution in [0.25, 0.3) is 0 Å². The van der Waals surface area contributed by atoms with Gasteiger partial charge in [-0.15, -0.1) is 0 Å². The van der Waals surface area contributed by atoms with E-state index in [9.17, 15) is 18.0 Å². The maximum Gasteiger partial charge on any atom is 0.338 e. The van der Waals surface area contributed by atoms with Crippen LogP contribution in [0.15, 0.2) is 41.0 Å². The van der Waals surface area contributed by atoms with Crippen LogP contribution in [-0.2, 0) is 25.9 Å². The molecule has 0 unspecified atom stereocenters. The number of hydrogen-bond donors (Lipinski definition) is 0. The van der Waals surface area contributed by atoms with Crippen molar-refractivity contribution < 1.29 is 31.9 Å². The zero-order chi connectivity index (χ0) is 21.0. The van der Waals surface area contributed by atoms with Crippen LogP contribution in [-0.4, -0.2) is 56.5 Å². The molecule has 29 heavy (non-hydrogen) atoms. The minimum atomic E-state index is -3.19. The minimum Gasteiger partial charge on any atom is -0.496 e. The number of aryl methyl sites for hydroxylation is 1. The Morgan fingerprint density at radius 2 is 2.07 bits per heavy atom. The second kappa shape index (κ2) is 8.69. The number of nitrogens with zero attached hydrogens (tertiary/aromatic N) is 1. The predicted octanol–water partition coefficient (Wildman–Crippen LogP) is 1.97. The molecule has 9 heteroatoms. The maximum absolute atomic E-state index is 12.8. The lowest BCUT2D eigenvalue weighted by molar-refractivity contribution is -0.137. The van der Waals surface area contributed by atoms with E-state index in [1.165, 1.54) is 18.3 Å². The molecule has 0 radical (unpaired) electrons. The Hall–Kier alpha value is -2.81. The number of carbonyl (C=O) groups excluding carboxylic acids is 2. The molecule has 1 amide bonds. The average Bonchev–Trinajstić information content (AvgIpc) is 3.33. The molecule has 0 N–H and O–H groups in total. The highest BCUT2D eigenvalue weighted by Gasteiger charge is 2.35. The van der Waals surface area contributed by atoms with Crippen molar-refractivity contribution in [3.05, 3.63) is 53.5 Å². The van der Waals surface area contributed by atoms with Crippen LogP contribution in [0.4, 0.5) is 0 Å². The molecule has 0 aliphatic carbocycles. The van der Waals surface area contributed by atoms with E-state index in [4.69, 9.17) is 13.9 Å². The fraction of sp³-hybridized carbons (Fsp3) is 0.400. The molecule has 0 spiro atoms. The van der Waals surface area contributed by atoms with Crippen molar-refractivity contribution in [2.45, 2.75) is 25.9 Å². The van der Waals surface area contributed by atoms with Gasteiger partial charge in [0.15, 0.2) is 16.4 Å². The van der Waals surface area contributed by atoms with Gasteiger partial charge in [-0.05, 0) is 43.2 Å². The molecule has 1 aliphatic heterocycles. The SMILES string of the molecule is COc1cc(C(=O)OCC(=O)N(Cc2ccco2)[C@@H]2CCS(=O)(=O)C2)ccc1C. The summed E-state index contributed by atoms with van der Waals surface area (Å²) in [6.45, 7) is 1.47. The van der Waals surface area contributed by atoms with E-state index in [0.29, 0.717) is 17.9 Å². The number of furan rings is 1. The molecule has 156 valence electrons. The molecule has 2 heterocycles. The minimum absolute atomic E-state index is 0.0303. The molecule has 1 saturated heterocycles. The lowest BCUT2D eigenvalue weighted by Gasteiger charge is -2.27. The number of benzene rings is 1. The van der Waals surface area contributed by atoms with Gasteiger partial charge in [0.1, 0.15) is 11.5 Å². The van der Waals surface area contributed by atoms with Crippen LogP contribution >= 0.6 is 0 Å². The molecule has 1 aromatic heterocycles. The zero-order valence-electron chi connectivity index (χ0n) is 16.3. The molecule has 8 nitrogen and oxygen atoms in total. The highest BCUT2D eigenvalue weighted by Crippen LogP contribution is 2.22. The number of hydrogen-bond acceptors (Lipinski definition) is 7. The fourth-order valence-electron chi connectivity index (χ4n) is 3.25. The Morgan fingerprint density at radius 3 is 2.69 bits per heavy atom. The van der Waals surface area contributed by atoms with Gasteiger partial charge in [0, 0.05) is 6.04 Å². The first-order valence-electron chi connectivity index (χ1n) is 9.13. The zero-order valence-corrected chi connectivity index (χ0v) is 17.1. The van der Waals surface area contributed by atoms with Crippen molar-refractivity contribution in [1.82, 2.24) is 4.90 Å². The number of methoxy groups -OCH3 is 1. The predicted molar refractivity (Wildman–Crippen MR) is 104 cm³/mol. The summed E-state index contributed by atoms with van der Waals surface area (Å²) in [6.07, 6.45) is 1.83. The Bertz CT molecular complexity index is 982. The normalized spacial score (nSPS) is 17.7. The molecule has 0 saturated carbocycles. The number of amides is 1. The first-order valence-corrected chi connectivity index (χ1v) is 11.0. The van der Waals surface area contributed by atoms with Crippen LogP contribution in [0.1, 0.15) is 28.1 Å². The lowest BCUT2D eigenvalue weighted by atomic mass is 10.1. The summed E-state index contributed by atoms with van der Waals surface area (Å²) in [5.74, 6) is -0.145. The standard InChI is InChI=1S/C20H23NO7S/c1-14-5-6-15(10-18(14)26-2)20(23)28-12-19(22)21(11-17-4-3-8-27-17)16-7-9-29(24,25)13-16/h3-6,8,10,16H,7,9,11-13H2,1-2H3/t16-/m1/s1. The summed E-state index contributed by atoms with van der Waals surface area (Å²) in [4.78, 5) is 26.5. The summed E-state index contributed by atoms with van der Waals surface area (Å²) < 4.78 is 39.4. The molecular weight excluding hydrogens is 398 g/mol. The first kappa shape index (κ1) is 20.9. The monoisotopic (exact) mass is 421 g/mol. The summed E-state index contributed by atoms with van der Waals surface area (Å²) in [6, 6.07) is 7.78. The molecule has 1 aromatic carbocycles. The second-order valence-electron chi connectivity index (χ2n) is 6.92. The molecule has 1 atom stereocenters. The maximum atomic E-state index is 12.8. The molecule has 2 aromatic rings. The lowest BCUT2D eigenvalue weighted by Crippen LogP contribution is -2.42. The Kier molecular flexibility index (Phi) is 6.26.